The van der Waals surface area contributed by atoms with Crippen LogP contribution in [0.3, 0.4) is 0 Å². The van der Waals surface area contributed by atoms with Crippen molar-refractivity contribution in [2.75, 3.05) is 4.90 Å². The Morgan fingerprint density at radius 2 is 0.871 bits per heavy atom. The molecule has 0 N–H and O–H groups in total. The largest absolute Gasteiger partial charge is 0.310 e. The Bertz CT molecular complexity index is 2840. The molecule has 5 aliphatic carbocycles. The number of nitrogens with zero attached hydrogens (tertiary/aromatic N) is 1. The van der Waals surface area contributed by atoms with Gasteiger partial charge < -0.3 is 4.90 Å². The van der Waals surface area contributed by atoms with E-state index in [0.29, 0.717) is 5.41 Å². The van der Waals surface area contributed by atoms with Gasteiger partial charge in [-0.15, -0.1) is 0 Å². The van der Waals surface area contributed by atoms with Crippen molar-refractivity contribution in [1.82, 2.24) is 0 Å². The summed E-state index contributed by atoms with van der Waals surface area (Å²) in [6, 6.07) is 72.8. The molecule has 62 heavy (non-hydrogen) atoms. The first kappa shape index (κ1) is 37.3. The molecule has 0 aromatic heterocycles. The molecule has 4 saturated carbocycles. The molecular formula is C61H53N. The maximum Gasteiger partial charge on any atom is 0.0540 e. The third-order valence-electron chi connectivity index (χ3n) is 15.5. The summed E-state index contributed by atoms with van der Waals surface area (Å²) < 4.78 is 0. The lowest BCUT2D eigenvalue weighted by atomic mass is 9.48. The van der Waals surface area contributed by atoms with Crippen LogP contribution < -0.4 is 4.90 Å². The molecule has 0 atom stereocenters. The summed E-state index contributed by atoms with van der Waals surface area (Å²) in [5.74, 6) is 2.80. The molecule has 13 rings (SSSR count). The van der Waals surface area contributed by atoms with E-state index in [1.807, 2.05) is 0 Å². The molecular weight excluding hydrogens is 747 g/mol. The highest BCUT2D eigenvalue weighted by Crippen LogP contribution is 2.61. The summed E-state index contributed by atoms with van der Waals surface area (Å²) >= 11 is 0. The zero-order valence-corrected chi connectivity index (χ0v) is 35.9. The van der Waals surface area contributed by atoms with E-state index in [2.05, 4.69) is 213 Å². The zero-order chi connectivity index (χ0) is 41.4. The molecule has 5 aliphatic rings. The lowest BCUT2D eigenvalue weighted by Crippen LogP contribution is -2.48. The van der Waals surface area contributed by atoms with Crippen LogP contribution in [-0.2, 0) is 10.8 Å². The summed E-state index contributed by atoms with van der Waals surface area (Å²) in [6.07, 6.45) is 8.59. The third kappa shape index (κ3) is 6.11. The van der Waals surface area contributed by atoms with Gasteiger partial charge in [-0.25, -0.2) is 0 Å². The van der Waals surface area contributed by atoms with Gasteiger partial charge >= 0.3 is 0 Å². The summed E-state index contributed by atoms with van der Waals surface area (Å²) in [6.45, 7) is 4.77. The van der Waals surface area contributed by atoms with Gasteiger partial charge in [0.2, 0.25) is 0 Å². The molecule has 0 unspecified atom stereocenters. The molecule has 4 bridgehead atoms. The summed E-state index contributed by atoms with van der Waals surface area (Å²) in [5.41, 5.74) is 20.7. The van der Waals surface area contributed by atoms with E-state index in [4.69, 9.17) is 0 Å². The van der Waals surface area contributed by atoms with Gasteiger partial charge in [0.05, 0.1) is 5.69 Å². The van der Waals surface area contributed by atoms with Gasteiger partial charge in [0, 0.05) is 22.4 Å². The van der Waals surface area contributed by atoms with Crippen LogP contribution in [0.5, 0.6) is 0 Å². The van der Waals surface area contributed by atoms with Crippen LogP contribution >= 0.6 is 0 Å². The van der Waals surface area contributed by atoms with Gasteiger partial charge in [0.25, 0.3) is 0 Å². The predicted octanol–water partition coefficient (Wildman–Crippen LogP) is 16.6. The second-order valence-corrected chi connectivity index (χ2v) is 19.5. The summed E-state index contributed by atoms with van der Waals surface area (Å²) in [7, 11) is 0. The quantitative estimate of drug-likeness (QED) is 0.148. The second kappa shape index (κ2) is 14.6. The number of rotatable bonds is 8. The molecule has 4 fully saturated rings. The van der Waals surface area contributed by atoms with Crippen molar-refractivity contribution in [1.29, 1.82) is 0 Å². The average Bonchev–Trinajstić information content (AvgIpc) is 3.54. The first-order valence-corrected chi connectivity index (χ1v) is 23.0. The minimum absolute atomic E-state index is 0.112. The average molecular weight is 800 g/mol. The molecule has 0 heterocycles. The Morgan fingerprint density at radius 1 is 0.387 bits per heavy atom. The zero-order valence-electron chi connectivity index (χ0n) is 35.9. The Morgan fingerprint density at radius 3 is 1.50 bits per heavy atom. The fourth-order valence-corrected chi connectivity index (χ4v) is 13.0. The normalized spacial score (nSPS) is 21.4. The summed E-state index contributed by atoms with van der Waals surface area (Å²) in [4.78, 5) is 2.51. The van der Waals surface area contributed by atoms with Gasteiger partial charge in [0.15, 0.2) is 0 Å². The number of anilines is 3. The number of fused-ring (bicyclic) bond motifs is 3. The maximum absolute atomic E-state index is 2.51. The molecule has 0 spiro atoms. The topological polar surface area (TPSA) is 3.24 Å². The first-order valence-electron chi connectivity index (χ1n) is 23.0. The van der Waals surface area contributed by atoms with E-state index in [-0.39, 0.29) is 5.41 Å². The van der Waals surface area contributed by atoms with Crippen molar-refractivity contribution in [2.45, 2.75) is 63.2 Å². The Balaban J connectivity index is 0.993. The number of hydrogen-bond donors (Lipinski definition) is 0. The molecule has 1 nitrogen and oxygen atoms in total. The van der Waals surface area contributed by atoms with Crippen LogP contribution in [0, 0.1) is 17.8 Å². The van der Waals surface area contributed by atoms with Crippen molar-refractivity contribution >= 4 is 17.1 Å². The van der Waals surface area contributed by atoms with Crippen molar-refractivity contribution < 1.29 is 0 Å². The Kier molecular flexibility index (Phi) is 8.79. The van der Waals surface area contributed by atoms with E-state index in [0.717, 1.165) is 23.4 Å². The number of hydrogen-bond acceptors (Lipinski definition) is 1. The SMILES string of the molecule is CC1(C)c2ccccc2-c2ccc(N(c3ccc(-c4c(-c5ccccc5)cccc4-c4ccccc4)cc3)c3ccccc3-c3ccc(C45CC6CC(CC(C6)C4)C5)cc3)cc21. The number of para-hydroxylation sites is 1. The minimum atomic E-state index is -0.112. The van der Waals surface area contributed by atoms with Crippen molar-refractivity contribution in [2.24, 2.45) is 17.8 Å². The fraction of sp³-hybridized carbons (Fsp3) is 0.213. The van der Waals surface area contributed by atoms with Crippen LogP contribution in [0.2, 0.25) is 0 Å². The molecule has 0 amide bonds. The van der Waals surface area contributed by atoms with Gasteiger partial charge in [-0.1, -0.05) is 178 Å². The van der Waals surface area contributed by atoms with E-state index in [9.17, 15) is 0 Å². The van der Waals surface area contributed by atoms with Gasteiger partial charge in [-0.05, 0) is 159 Å². The minimum Gasteiger partial charge on any atom is -0.310 e. The molecule has 8 aromatic carbocycles. The third-order valence-corrected chi connectivity index (χ3v) is 15.5. The molecule has 8 aromatic rings. The van der Waals surface area contributed by atoms with Crippen molar-refractivity contribution in [3.8, 4) is 55.6 Å². The highest BCUT2D eigenvalue weighted by atomic mass is 15.1. The van der Waals surface area contributed by atoms with Crippen LogP contribution in [0.15, 0.2) is 194 Å². The Hall–Kier alpha value is -6.44. The summed E-state index contributed by atoms with van der Waals surface area (Å²) in [5, 5.41) is 0. The smallest absolute Gasteiger partial charge is 0.0540 e. The lowest BCUT2D eigenvalue weighted by molar-refractivity contribution is -0.00518. The first-order chi connectivity index (χ1) is 30.4. The van der Waals surface area contributed by atoms with Gasteiger partial charge in [0.1, 0.15) is 0 Å². The van der Waals surface area contributed by atoms with Crippen LogP contribution in [0.4, 0.5) is 17.1 Å². The lowest BCUT2D eigenvalue weighted by Gasteiger charge is -2.57. The monoisotopic (exact) mass is 799 g/mol. The maximum atomic E-state index is 2.51. The molecule has 1 heteroatoms. The predicted molar refractivity (Wildman–Crippen MR) is 260 cm³/mol. The number of benzene rings is 8. The van der Waals surface area contributed by atoms with Crippen LogP contribution in [0.25, 0.3) is 55.6 Å². The van der Waals surface area contributed by atoms with Gasteiger partial charge in [-0.2, -0.15) is 0 Å². The van der Waals surface area contributed by atoms with Crippen LogP contribution in [-0.4, -0.2) is 0 Å². The molecule has 302 valence electrons. The second-order valence-electron chi connectivity index (χ2n) is 19.5. The van der Waals surface area contributed by atoms with E-state index in [1.165, 1.54) is 117 Å². The van der Waals surface area contributed by atoms with Crippen molar-refractivity contribution in [3.05, 3.63) is 211 Å². The highest BCUT2D eigenvalue weighted by molar-refractivity contribution is 5.96. The highest BCUT2D eigenvalue weighted by Gasteiger charge is 2.51. The fourth-order valence-electron chi connectivity index (χ4n) is 13.0. The van der Waals surface area contributed by atoms with Gasteiger partial charge in [-0.3, -0.25) is 0 Å². The Labute approximate surface area is 367 Å². The van der Waals surface area contributed by atoms with E-state index in [1.54, 1.807) is 5.56 Å². The molecule has 0 saturated heterocycles. The molecule has 0 aliphatic heterocycles. The standard InChI is InChI=1S/C61H53N/c1-60(2)56-22-11-9-19-54(56)55-33-32-50(37-57(55)60)62(58-23-12-10-18-51(58)46-24-28-48(29-25-46)61-38-41-34-42(39-61)36-43(35-41)40-61)49-30-26-47(27-31-49)59-52(44-14-5-3-6-15-44)20-13-21-53(59)45-16-7-4-8-17-45/h3-33,37,41-43H,34-36,38-40H2,1-2H3. The molecule has 0 radical (unpaired) electrons. The van der Waals surface area contributed by atoms with E-state index >= 15 is 0 Å². The van der Waals surface area contributed by atoms with Crippen LogP contribution in [0.1, 0.15) is 69.1 Å². The van der Waals surface area contributed by atoms with E-state index < -0.39 is 0 Å². The van der Waals surface area contributed by atoms with Crippen molar-refractivity contribution in [3.63, 3.8) is 0 Å².